The molecule has 8 heteroatoms. The van der Waals surface area contributed by atoms with E-state index < -0.39 is 6.04 Å². The monoisotopic (exact) mass is 289 g/mol. The van der Waals surface area contributed by atoms with Gasteiger partial charge >= 0.3 is 0 Å². The van der Waals surface area contributed by atoms with Gasteiger partial charge in [0.25, 0.3) is 5.91 Å². The average molecular weight is 289 g/mol. The van der Waals surface area contributed by atoms with Gasteiger partial charge in [-0.05, 0) is 6.07 Å². The maximum absolute atomic E-state index is 12.6. The van der Waals surface area contributed by atoms with Gasteiger partial charge in [-0.25, -0.2) is 0 Å². The van der Waals surface area contributed by atoms with Crippen molar-refractivity contribution < 1.29 is 24.3 Å². The van der Waals surface area contributed by atoms with Crippen LogP contribution in [0.15, 0.2) is 17.3 Å². The third-order valence-corrected chi connectivity index (χ3v) is 3.86. The lowest BCUT2D eigenvalue weighted by Crippen LogP contribution is -2.40. The molecule has 108 valence electrons. The van der Waals surface area contributed by atoms with E-state index in [1.165, 1.54) is 4.90 Å². The fraction of sp³-hybridized carbons (Fsp3) is 0.308. The summed E-state index contributed by atoms with van der Waals surface area (Å²) >= 11 is 0. The largest absolute Gasteiger partial charge is 0.454 e. The second kappa shape index (κ2) is 4.11. The second-order valence-corrected chi connectivity index (χ2v) is 5.06. The average Bonchev–Trinajstić information content (AvgIpc) is 3.09. The van der Waals surface area contributed by atoms with Crippen LogP contribution in [0.3, 0.4) is 0 Å². The number of oxime groups is 1. The van der Waals surface area contributed by atoms with Crippen LogP contribution in [0.2, 0.25) is 0 Å². The van der Waals surface area contributed by atoms with E-state index in [0.717, 1.165) is 0 Å². The molecule has 3 aliphatic heterocycles. The Labute approximate surface area is 118 Å². The minimum atomic E-state index is -0.660. The number of ether oxygens (including phenoxy) is 2. The van der Waals surface area contributed by atoms with Gasteiger partial charge < -0.3 is 24.9 Å². The lowest BCUT2D eigenvalue weighted by Gasteiger charge is -2.19. The van der Waals surface area contributed by atoms with Gasteiger partial charge in [0.1, 0.15) is 6.04 Å². The topological polar surface area (TPSA) is 100 Å². The first-order chi connectivity index (χ1) is 10.2. The number of anilines is 1. The first-order valence-corrected chi connectivity index (χ1v) is 6.42. The Morgan fingerprint density at radius 1 is 1.29 bits per heavy atom. The molecule has 0 bridgehead atoms. The first-order valence-electron chi connectivity index (χ1n) is 6.42. The lowest BCUT2D eigenvalue weighted by atomic mass is 10.1. The fourth-order valence-electron chi connectivity index (χ4n) is 2.82. The lowest BCUT2D eigenvalue weighted by molar-refractivity contribution is -0.119. The Bertz CT molecular complexity index is 699. The molecule has 0 saturated carbocycles. The van der Waals surface area contributed by atoms with Crippen LogP contribution in [0.1, 0.15) is 16.8 Å². The minimum Gasteiger partial charge on any atom is -0.454 e. The van der Waals surface area contributed by atoms with Gasteiger partial charge in [-0.1, -0.05) is 5.16 Å². The summed E-state index contributed by atoms with van der Waals surface area (Å²) in [7, 11) is 0. The van der Waals surface area contributed by atoms with E-state index in [9.17, 15) is 9.59 Å². The molecule has 0 aromatic heterocycles. The SMILES string of the molecule is O=C1Nc2cc3c(cc2C(=O)N2C/C(=N\O)CC12)OCO3. The van der Waals surface area contributed by atoms with Gasteiger partial charge in [-0.3, -0.25) is 9.59 Å². The van der Waals surface area contributed by atoms with E-state index >= 15 is 0 Å². The molecule has 4 rings (SSSR count). The standard InChI is InChI=1S/C13H11N3O5/c17-12-9-1-6(15-19)4-16(9)13(18)7-2-10-11(21-5-20-10)3-8(7)14-12/h2-3,9,19H,1,4-5H2,(H,14,17)/b15-6-. The Morgan fingerprint density at radius 3 is 2.81 bits per heavy atom. The first kappa shape index (κ1) is 12.0. The van der Waals surface area contributed by atoms with Crippen molar-refractivity contribution in [2.75, 3.05) is 18.7 Å². The van der Waals surface area contributed by atoms with Crippen LogP contribution in [0.25, 0.3) is 0 Å². The molecule has 1 saturated heterocycles. The van der Waals surface area contributed by atoms with Gasteiger partial charge in [0, 0.05) is 12.5 Å². The van der Waals surface area contributed by atoms with Crippen molar-refractivity contribution in [1.82, 2.24) is 4.90 Å². The summed E-state index contributed by atoms with van der Waals surface area (Å²) in [6.45, 7) is 0.231. The summed E-state index contributed by atoms with van der Waals surface area (Å²) in [5, 5.41) is 14.7. The molecule has 1 unspecified atom stereocenters. The Morgan fingerprint density at radius 2 is 2.05 bits per heavy atom. The summed E-state index contributed by atoms with van der Waals surface area (Å²) in [5.74, 6) is 0.372. The maximum Gasteiger partial charge on any atom is 0.257 e. The summed E-state index contributed by atoms with van der Waals surface area (Å²) in [6, 6.07) is 2.50. The molecule has 21 heavy (non-hydrogen) atoms. The predicted molar refractivity (Wildman–Crippen MR) is 69.9 cm³/mol. The highest BCUT2D eigenvalue weighted by molar-refractivity contribution is 6.14. The number of carbonyl (C=O) groups is 2. The zero-order valence-electron chi connectivity index (χ0n) is 10.8. The van der Waals surface area contributed by atoms with Crippen LogP contribution in [0.4, 0.5) is 5.69 Å². The highest BCUT2D eigenvalue weighted by atomic mass is 16.7. The van der Waals surface area contributed by atoms with E-state index in [4.69, 9.17) is 14.7 Å². The summed E-state index contributed by atoms with van der Waals surface area (Å²) in [5.41, 5.74) is 1.16. The van der Waals surface area contributed by atoms with Crippen molar-refractivity contribution in [2.45, 2.75) is 12.5 Å². The number of fused-ring (bicyclic) bond motifs is 3. The van der Waals surface area contributed by atoms with Crippen LogP contribution < -0.4 is 14.8 Å². The Hall–Kier alpha value is -2.77. The molecule has 2 N–H and O–H groups in total. The number of amides is 2. The quantitative estimate of drug-likeness (QED) is 0.532. The molecule has 0 aliphatic carbocycles. The molecule has 2 amide bonds. The second-order valence-electron chi connectivity index (χ2n) is 5.06. The van der Waals surface area contributed by atoms with Gasteiger partial charge in [0.2, 0.25) is 12.7 Å². The van der Waals surface area contributed by atoms with Crippen LogP contribution in [-0.4, -0.2) is 47.0 Å². The third-order valence-electron chi connectivity index (χ3n) is 3.86. The van der Waals surface area contributed by atoms with E-state index in [-0.39, 0.29) is 31.6 Å². The summed E-state index contributed by atoms with van der Waals surface area (Å²) < 4.78 is 10.5. The number of hydrogen-bond donors (Lipinski definition) is 2. The van der Waals surface area contributed by atoms with Crippen molar-refractivity contribution in [3.8, 4) is 11.5 Å². The fourth-order valence-corrected chi connectivity index (χ4v) is 2.82. The molecule has 1 fully saturated rings. The molecule has 3 aliphatic rings. The molecule has 1 atom stereocenters. The minimum absolute atomic E-state index is 0.0913. The zero-order chi connectivity index (χ0) is 14.6. The van der Waals surface area contributed by atoms with Crippen molar-refractivity contribution >= 4 is 23.2 Å². The molecule has 1 aromatic carbocycles. The summed E-state index contributed by atoms with van der Waals surface area (Å²) in [4.78, 5) is 26.3. The van der Waals surface area contributed by atoms with Crippen molar-refractivity contribution in [2.24, 2.45) is 5.16 Å². The van der Waals surface area contributed by atoms with Crippen LogP contribution in [0.5, 0.6) is 11.5 Å². The van der Waals surface area contributed by atoms with E-state index in [1.54, 1.807) is 12.1 Å². The van der Waals surface area contributed by atoms with Gasteiger partial charge in [0.15, 0.2) is 11.5 Å². The molecule has 1 aromatic rings. The van der Waals surface area contributed by atoms with Crippen molar-refractivity contribution in [3.05, 3.63) is 17.7 Å². The number of nitrogens with one attached hydrogen (secondary N) is 1. The van der Waals surface area contributed by atoms with E-state index in [0.29, 0.717) is 28.5 Å². The number of nitrogens with zero attached hydrogens (tertiary/aromatic N) is 2. The smallest absolute Gasteiger partial charge is 0.257 e. The number of hydrogen-bond acceptors (Lipinski definition) is 6. The molecule has 0 radical (unpaired) electrons. The van der Waals surface area contributed by atoms with E-state index in [1.807, 2.05) is 0 Å². The van der Waals surface area contributed by atoms with Crippen LogP contribution >= 0.6 is 0 Å². The molecule has 0 spiro atoms. The zero-order valence-corrected chi connectivity index (χ0v) is 10.8. The third kappa shape index (κ3) is 1.65. The molecule has 3 heterocycles. The number of rotatable bonds is 0. The van der Waals surface area contributed by atoms with Crippen molar-refractivity contribution in [1.29, 1.82) is 0 Å². The van der Waals surface area contributed by atoms with Crippen LogP contribution in [0, 0.1) is 0 Å². The van der Waals surface area contributed by atoms with E-state index in [2.05, 4.69) is 10.5 Å². The Kier molecular flexibility index (Phi) is 2.35. The van der Waals surface area contributed by atoms with Crippen LogP contribution in [-0.2, 0) is 4.79 Å². The highest BCUT2D eigenvalue weighted by Gasteiger charge is 2.42. The summed E-state index contributed by atoms with van der Waals surface area (Å²) in [6.07, 6.45) is 0.231. The van der Waals surface area contributed by atoms with Crippen molar-refractivity contribution in [3.63, 3.8) is 0 Å². The highest BCUT2D eigenvalue weighted by Crippen LogP contribution is 2.39. The predicted octanol–water partition coefficient (Wildman–Crippen LogP) is 0.412. The number of carbonyl (C=O) groups excluding carboxylic acids is 2. The van der Waals surface area contributed by atoms with Gasteiger partial charge in [-0.2, -0.15) is 0 Å². The van der Waals surface area contributed by atoms with Gasteiger partial charge in [0.05, 0.1) is 23.5 Å². The maximum atomic E-state index is 12.6. The number of benzene rings is 1. The molecular weight excluding hydrogens is 278 g/mol. The Balaban J connectivity index is 1.82. The van der Waals surface area contributed by atoms with Gasteiger partial charge in [-0.15, -0.1) is 0 Å². The molecule has 8 nitrogen and oxygen atoms in total. The molecular formula is C13H11N3O5. The normalized spacial score (nSPS) is 24.7.